The van der Waals surface area contributed by atoms with Crippen molar-refractivity contribution in [3.63, 3.8) is 0 Å². The fourth-order valence-electron chi connectivity index (χ4n) is 0.349. The highest BCUT2D eigenvalue weighted by Crippen LogP contribution is 2.22. The van der Waals surface area contributed by atoms with Gasteiger partial charge in [0.15, 0.2) is 4.33 Å². The third kappa shape index (κ3) is 5.07. The van der Waals surface area contributed by atoms with Gasteiger partial charge in [-0.15, -0.1) is 0 Å². The zero-order valence-electron chi connectivity index (χ0n) is 6.56. The van der Waals surface area contributed by atoms with Crippen LogP contribution in [0.5, 0.6) is 0 Å². The van der Waals surface area contributed by atoms with Crippen LogP contribution in [0.3, 0.4) is 0 Å². The van der Waals surface area contributed by atoms with Crippen molar-refractivity contribution in [1.29, 1.82) is 0 Å². The minimum atomic E-state index is -0.774. The Morgan fingerprint density at radius 2 is 2.00 bits per heavy atom. The van der Waals surface area contributed by atoms with Crippen LogP contribution in [-0.2, 0) is 0 Å². The average Bonchev–Trinajstić information content (AvgIpc) is 1.85. The van der Waals surface area contributed by atoms with Crippen LogP contribution in [0, 0.1) is 0 Å². The molecule has 0 saturated carbocycles. The van der Waals surface area contributed by atoms with Crippen LogP contribution in [0.2, 0.25) is 0 Å². The van der Waals surface area contributed by atoms with Crippen LogP contribution in [0.25, 0.3) is 0 Å². The van der Waals surface area contributed by atoms with Gasteiger partial charge in [0.25, 0.3) is 0 Å². The highest BCUT2D eigenvalue weighted by molar-refractivity contribution is 6.56. The number of aliphatic imine (C=N–C) groups is 1. The summed E-state index contributed by atoms with van der Waals surface area (Å²) in [5.74, 6) is 0. The first-order valence-electron chi connectivity index (χ1n) is 3.40. The molecule has 0 rings (SSSR count). The maximum Gasteiger partial charge on any atom is 0.152 e. The highest BCUT2D eigenvalue weighted by atomic mass is 35.5. The van der Waals surface area contributed by atoms with Crippen LogP contribution < -0.4 is 0 Å². The fraction of sp³-hybridized carbons (Fsp3) is 0.857. The maximum absolute atomic E-state index is 5.78. The monoisotopic (exact) mass is 181 g/mol. The number of alkyl halides is 2. The minimum absolute atomic E-state index is 0.267. The molecule has 60 valence electrons. The molecule has 0 radical (unpaired) electrons. The first-order chi connectivity index (χ1) is 4.48. The number of rotatable bonds is 3. The molecule has 0 aliphatic carbocycles. The largest absolute Gasteiger partial charge is 0.292 e. The van der Waals surface area contributed by atoms with Gasteiger partial charge in [-0.3, -0.25) is 4.99 Å². The summed E-state index contributed by atoms with van der Waals surface area (Å²) < 4.78 is -0.774. The number of hydrogen-bond donors (Lipinski definition) is 0. The maximum atomic E-state index is 5.78. The molecule has 0 saturated heterocycles. The fourth-order valence-corrected chi connectivity index (χ4v) is 0.462. The molecular weight excluding hydrogens is 169 g/mol. The molecule has 0 unspecified atom stereocenters. The molecule has 0 atom stereocenters. The van der Waals surface area contributed by atoms with E-state index >= 15 is 0 Å². The Morgan fingerprint density at radius 3 is 2.30 bits per heavy atom. The SMILES string of the molecule is CCC(Cl)(Cl)C=NC(C)C. The molecule has 0 fully saturated rings. The second-order valence-electron chi connectivity index (χ2n) is 2.49. The molecule has 0 aliphatic heterocycles. The van der Waals surface area contributed by atoms with Gasteiger partial charge < -0.3 is 0 Å². The second-order valence-corrected chi connectivity index (χ2v) is 4.03. The Kier molecular flexibility index (Phi) is 4.30. The Bertz CT molecular complexity index is 119. The highest BCUT2D eigenvalue weighted by Gasteiger charge is 2.17. The summed E-state index contributed by atoms with van der Waals surface area (Å²) in [6.45, 7) is 5.89. The van der Waals surface area contributed by atoms with E-state index in [9.17, 15) is 0 Å². The lowest BCUT2D eigenvalue weighted by atomic mass is 10.3. The predicted octanol–water partition coefficient (Wildman–Crippen LogP) is 3.05. The van der Waals surface area contributed by atoms with Crippen LogP contribution >= 0.6 is 23.2 Å². The number of hydrogen-bond acceptors (Lipinski definition) is 1. The van der Waals surface area contributed by atoms with Crippen LogP contribution in [0.1, 0.15) is 27.2 Å². The minimum Gasteiger partial charge on any atom is -0.292 e. The Morgan fingerprint density at radius 1 is 1.50 bits per heavy atom. The molecule has 0 aromatic heterocycles. The van der Waals surface area contributed by atoms with E-state index in [4.69, 9.17) is 23.2 Å². The van der Waals surface area contributed by atoms with Gasteiger partial charge in [-0.25, -0.2) is 0 Å². The predicted molar refractivity (Wildman–Crippen MR) is 48.4 cm³/mol. The van der Waals surface area contributed by atoms with Gasteiger partial charge in [0.1, 0.15) is 0 Å². The summed E-state index contributed by atoms with van der Waals surface area (Å²) in [6.07, 6.45) is 2.28. The molecule has 0 bridgehead atoms. The van der Waals surface area contributed by atoms with Crippen molar-refractivity contribution >= 4 is 29.4 Å². The summed E-state index contributed by atoms with van der Waals surface area (Å²) >= 11 is 11.6. The molecule has 0 aromatic rings. The van der Waals surface area contributed by atoms with E-state index in [1.54, 1.807) is 6.21 Å². The second kappa shape index (κ2) is 4.20. The molecule has 1 nitrogen and oxygen atoms in total. The quantitative estimate of drug-likeness (QED) is 0.469. The lowest BCUT2D eigenvalue weighted by molar-refractivity contribution is 0.826. The Balaban J connectivity index is 3.86. The van der Waals surface area contributed by atoms with Crippen molar-refractivity contribution in [2.75, 3.05) is 0 Å². The van der Waals surface area contributed by atoms with Crippen molar-refractivity contribution in [3.05, 3.63) is 0 Å². The molecule has 0 aromatic carbocycles. The van der Waals surface area contributed by atoms with Gasteiger partial charge in [0.05, 0.1) is 0 Å². The third-order valence-corrected chi connectivity index (χ3v) is 1.76. The molecule has 3 heteroatoms. The first-order valence-corrected chi connectivity index (χ1v) is 4.15. The summed E-state index contributed by atoms with van der Waals surface area (Å²) in [6, 6.07) is 0.267. The van der Waals surface area contributed by atoms with Crippen molar-refractivity contribution in [1.82, 2.24) is 0 Å². The van der Waals surface area contributed by atoms with E-state index in [-0.39, 0.29) is 6.04 Å². The smallest absolute Gasteiger partial charge is 0.152 e. The average molecular weight is 182 g/mol. The van der Waals surface area contributed by atoms with E-state index in [0.717, 1.165) is 0 Å². The standard InChI is InChI=1S/C7H13Cl2N/c1-4-7(8,9)5-10-6(2)3/h5-6H,4H2,1-3H3. The van der Waals surface area contributed by atoms with Crippen molar-refractivity contribution in [2.45, 2.75) is 37.6 Å². The van der Waals surface area contributed by atoms with Crippen molar-refractivity contribution < 1.29 is 0 Å². The molecule has 0 aliphatic rings. The normalized spacial score (nSPS) is 13.4. The molecular formula is C7H13Cl2N. The number of halogens is 2. The molecule has 0 amide bonds. The molecule has 0 N–H and O–H groups in total. The molecule has 10 heavy (non-hydrogen) atoms. The van der Waals surface area contributed by atoms with Crippen LogP contribution in [0.15, 0.2) is 4.99 Å². The van der Waals surface area contributed by atoms with Gasteiger partial charge in [-0.2, -0.15) is 0 Å². The van der Waals surface area contributed by atoms with E-state index in [0.29, 0.717) is 6.42 Å². The third-order valence-electron chi connectivity index (χ3n) is 1.03. The molecule has 0 spiro atoms. The zero-order chi connectivity index (χ0) is 8.20. The summed E-state index contributed by atoms with van der Waals surface area (Å²) in [4.78, 5) is 4.08. The zero-order valence-corrected chi connectivity index (χ0v) is 8.08. The summed E-state index contributed by atoms with van der Waals surface area (Å²) in [7, 11) is 0. The van der Waals surface area contributed by atoms with Gasteiger partial charge >= 0.3 is 0 Å². The summed E-state index contributed by atoms with van der Waals surface area (Å²) in [5.41, 5.74) is 0. The van der Waals surface area contributed by atoms with Gasteiger partial charge in [-0.05, 0) is 20.3 Å². The lowest BCUT2D eigenvalue weighted by Crippen LogP contribution is -2.13. The van der Waals surface area contributed by atoms with Crippen LogP contribution in [0.4, 0.5) is 0 Å². The van der Waals surface area contributed by atoms with Crippen molar-refractivity contribution in [2.24, 2.45) is 4.99 Å². The topological polar surface area (TPSA) is 12.4 Å². The van der Waals surface area contributed by atoms with Gasteiger partial charge in [-0.1, -0.05) is 30.1 Å². The Hall–Kier alpha value is 0.250. The van der Waals surface area contributed by atoms with E-state index in [1.165, 1.54) is 0 Å². The lowest BCUT2D eigenvalue weighted by Gasteiger charge is -2.10. The molecule has 0 heterocycles. The van der Waals surface area contributed by atoms with E-state index in [1.807, 2.05) is 20.8 Å². The van der Waals surface area contributed by atoms with Gasteiger partial charge in [0.2, 0.25) is 0 Å². The van der Waals surface area contributed by atoms with Crippen molar-refractivity contribution in [3.8, 4) is 0 Å². The van der Waals surface area contributed by atoms with E-state index < -0.39 is 4.33 Å². The van der Waals surface area contributed by atoms with Gasteiger partial charge in [0, 0.05) is 12.3 Å². The van der Waals surface area contributed by atoms with E-state index in [2.05, 4.69) is 4.99 Å². The first kappa shape index (κ1) is 10.2. The van der Waals surface area contributed by atoms with Crippen LogP contribution in [-0.4, -0.2) is 16.6 Å². The number of nitrogens with zero attached hydrogens (tertiary/aromatic N) is 1. The summed E-state index contributed by atoms with van der Waals surface area (Å²) in [5, 5.41) is 0. The Labute approximate surface area is 72.4 Å².